The number of hydrogen-bond donors (Lipinski definition) is 1. The molecule has 1 atom stereocenters. The molecule has 0 fully saturated rings. The highest BCUT2D eigenvalue weighted by Gasteiger charge is 2.19. The lowest BCUT2D eigenvalue weighted by molar-refractivity contribution is 0.590. The second-order valence-corrected chi connectivity index (χ2v) is 7.17. The lowest BCUT2D eigenvalue weighted by Gasteiger charge is -2.26. The first-order chi connectivity index (χ1) is 9.79. The van der Waals surface area contributed by atoms with Crippen molar-refractivity contribution in [3.8, 4) is 0 Å². The summed E-state index contributed by atoms with van der Waals surface area (Å²) < 4.78 is 0. The fraction of sp³-hybridized carbons (Fsp3) is 0.333. The van der Waals surface area contributed by atoms with Crippen LogP contribution in [0, 0.1) is 0 Å². The van der Waals surface area contributed by atoms with Gasteiger partial charge in [-0.05, 0) is 47.7 Å². The summed E-state index contributed by atoms with van der Waals surface area (Å²) in [6, 6.07) is 14.0. The second kappa shape index (κ2) is 6.29. The summed E-state index contributed by atoms with van der Waals surface area (Å²) in [4.78, 5) is 0. The number of halogens is 2. The first-order valence-electron chi connectivity index (χ1n) is 7.10. The maximum absolute atomic E-state index is 6.29. The Hall–Kier alpha value is -1.18. The van der Waals surface area contributed by atoms with Gasteiger partial charge in [-0.3, -0.25) is 0 Å². The summed E-state index contributed by atoms with van der Waals surface area (Å²) in [6.07, 6.45) is 0. The summed E-state index contributed by atoms with van der Waals surface area (Å²) in [7, 11) is 0. The lowest BCUT2D eigenvalue weighted by atomic mass is 9.85. The third kappa shape index (κ3) is 3.93. The smallest absolute Gasteiger partial charge is 0.0501 e. The van der Waals surface area contributed by atoms with Gasteiger partial charge < -0.3 is 5.32 Å². The number of hydrogen-bond acceptors (Lipinski definition) is 1. The molecule has 0 amide bonds. The Bertz CT molecular complexity index is 629. The van der Waals surface area contributed by atoms with E-state index in [-0.39, 0.29) is 11.5 Å². The van der Waals surface area contributed by atoms with Crippen LogP contribution < -0.4 is 5.32 Å². The maximum Gasteiger partial charge on any atom is 0.0501 e. The van der Waals surface area contributed by atoms with Gasteiger partial charge in [0.15, 0.2) is 0 Å². The molecular weight excluding hydrogens is 301 g/mol. The number of anilines is 1. The van der Waals surface area contributed by atoms with E-state index >= 15 is 0 Å². The molecule has 112 valence electrons. The third-order valence-electron chi connectivity index (χ3n) is 3.53. The molecule has 1 nitrogen and oxygen atoms in total. The molecule has 1 unspecified atom stereocenters. The molecule has 2 aromatic rings. The van der Waals surface area contributed by atoms with Gasteiger partial charge in [0.25, 0.3) is 0 Å². The monoisotopic (exact) mass is 321 g/mol. The van der Waals surface area contributed by atoms with Crippen LogP contribution in [0.5, 0.6) is 0 Å². The average molecular weight is 322 g/mol. The predicted molar refractivity (Wildman–Crippen MR) is 93.6 cm³/mol. The minimum absolute atomic E-state index is 0.0831. The van der Waals surface area contributed by atoms with E-state index in [1.165, 1.54) is 5.56 Å². The van der Waals surface area contributed by atoms with Crippen LogP contribution in [0.2, 0.25) is 10.0 Å². The zero-order valence-corrected chi connectivity index (χ0v) is 14.4. The molecule has 0 aliphatic heterocycles. The standard InChI is InChI=1S/C18H21Cl2N/c1-12(14-11-13(19)9-10-16(14)20)21-17-8-6-5-7-15(17)18(2,3)4/h5-12,21H,1-4H3. The first-order valence-corrected chi connectivity index (χ1v) is 7.85. The highest BCUT2D eigenvalue weighted by Crippen LogP contribution is 2.33. The van der Waals surface area contributed by atoms with Gasteiger partial charge in [-0.1, -0.05) is 62.2 Å². The SMILES string of the molecule is CC(Nc1ccccc1C(C)(C)C)c1cc(Cl)ccc1Cl. The molecule has 0 radical (unpaired) electrons. The van der Waals surface area contributed by atoms with Crippen LogP contribution >= 0.6 is 23.2 Å². The van der Waals surface area contributed by atoms with Gasteiger partial charge in [0.05, 0.1) is 6.04 Å². The Morgan fingerprint density at radius 3 is 2.33 bits per heavy atom. The van der Waals surface area contributed by atoms with Crippen molar-refractivity contribution >= 4 is 28.9 Å². The van der Waals surface area contributed by atoms with Crippen molar-refractivity contribution in [2.45, 2.75) is 39.2 Å². The Morgan fingerprint density at radius 1 is 1.00 bits per heavy atom. The highest BCUT2D eigenvalue weighted by atomic mass is 35.5. The predicted octanol–water partition coefficient (Wildman–Crippen LogP) is 6.46. The van der Waals surface area contributed by atoms with E-state index in [1.54, 1.807) is 0 Å². The summed E-state index contributed by atoms with van der Waals surface area (Å²) in [5.41, 5.74) is 3.51. The minimum Gasteiger partial charge on any atom is -0.378 e. The van der Waals surface area contributed by atoms with E-state index in [0.29, 0.717) is 5.02 Å². The zero-order valence-electron chi connectivity index (χ0n) is 12.9. The molecule has 0 saturated heterocycles. The van der Waals surface area contributed by atoms with E-state index in [9.17, 15) is 0 Å². The Labute approximate surface area is 137 Å². The molecule has 1 N–H and O–H groups in total. The largest absolute Gasteiger partial charge is 0.378 e. The fourth-order valence-electron chi connectivity index (χ4n) is 2.42. The number of rotatable bonds is 3. The Morgan fingerprint density at radius 2 is 1.67 bits per heavy atom. The summed E-state index contributed by atoms with van der Waals surface area (Å²) >= 11 is 12.4. The number of nitrogens with one attached hydrogen (secondary N) is 1. The van der Waals surface area contributed by atoms with Gasteiger partial charge in [-0.15, -0.1) is 0 Å². The van der Waals surface area contributed by atoms with Crippen LogP contribution in [0.15, 0.2) is 42.5 Å². The molecule has 0 aliphatic rings. The van der Waals surface area contributed by atoms with Crippen molar-refractivity contribution < 1.29 is 0 Å². The normalized spacial score (nSPS) is 13.0. The Kier molecular flexibility index (Phi) is 4.85. The first kappa shape index (κ1) is 16.2. The fourth-order valence-corrected chi connectivity index (χ4v) is 2.88. The van der Waals surface area contributed by atoms with Crippen LogP contribution in [0.25, 0.3) is 0 Å². The summed E-state index contributed by atoms with van der Waals surface area (Å²) in [5, 5.41) is 4.99. The average Bonchev–Trinajstić information content (AvgIpc) is 2.41. The van der Waals surface area contributed by atoms with Crippen LogP contribution in [-0.2, 0) is 5.41 Å². The van der Waals surface area contributed by atoms with Gasteiger partial charge in [0.2, 0.25) is 0 Å². The number of benzene rings is 2. The highest BCUT2D eigenvalue weighted by molar-refractivity contribution is 6.33. The molecular formula is C18H21Cl2N. The molecule has 0 aromatic heterocycles. The van der Waals surface area contributed by atoms with Crippen molar-refractivity contribution in [3.05, 3.63) is 63.6 Å². The molecule has 2 rings (SSSR count). The summed E-state index contributed by atoms with van der Waals surface area (Å²) in [6.45, 7) is 8.73. The van der Waals surface area contributed by atoms with Crippen LogP contribution in [0.1, 0.15) is 44.9 Å². The van der Waals surface area contributed by atoms with Crippen molar-refractivity contribution in [2.75, 3.05) is 5.32 Å². The molecule has 0 spiro atoms. The van der Waals surface area contributed by atoms with E-state index < -0.39 is 0 Å². The topological polar surface area (TPSA) is 12.0 Å². The number of para-hydroxylation sites is 1. The third-order valence-corrected chi connectivity index (χ3v) is 4.11. The molecule has 0 heterocycles. The van der Waals surface area contributed by atoms with Gasteiger partial charge in [-0.25, -0.2) is 0 Å². The van der Waals surface area contributed by atoms with E-state index in [1.807, 2.05) is 24.3 Å². The van der Waals surface area contributed by atoms with Crippen LogP contribution in [0.4, 0.5) is 5.69 Å². The van der Waals surface area contributed by atoms with Crippen molar-refractivity contribution in [1.82, 2.24) is 0 Å². The van der Waals surface area contributed by atoms with E-state index in [4.69, 9.17) is 23.2 Å². The maximum atomic E-state index is 6.29. The van der Waals surface area contributed by atoms with Crippen LogP contribution in [0.3, 0.4) is 0 Å². The van der Waals surface area contributed by atoms with Gasteiger partial charge in [0.1, 0.15) is 0 Å². The molecule has 2 aromatic carbocycles. The quantitative estimate of drug-likeness (QED) is 0.683. The second-order valence-electron chi connectivity index (χ2n) is 6.33. The van der Waals surface area contributed by atoms with Gasteiger partial charge >= 0.3 is 0 Å². The van der Waals surface area contributed by atoms with Gasteiger partial charge in [0, 0.05) is 15.7 Å². The van der Waals surface area contributed by atoms with Crippen LogP contribution in [-0.4, -0.2) is 0 Å². The van der Waals surface area contributed by atoms with Crippen molar-refractivity contribution in [3.63, 3.8) is 0 Å². The molecule has 0 saturated carbocycles. The zero-order chi connectivity index (χ0) is 15.6. The molecule has 0 bridgehead atoms. The summed E-state index contributed by atoms with van der Waals surface area (Å²) in [5.74, 6) is 0. The Balaban J connectivity index is 2.32. The molecule has 3 heteroatoms. The van der Waals surface area contributed by atoms with E-state index in [0.717, 1.165) is 16.3 Å². The molecule has 21 heavy (non-hydrogen) atoms. The molecule has 0 aliphatic carbocycles. The van der Waals surface area contributed by atoms with E-state index in [2.05, 4.69) is 51.2 Å². The van der Waals surface area contributed by atoms with Crippen molar-refractivity contribution in [2.24, 2.45) is 0 Å². The minimum atomic E-state index is 0.0831. The van der Waals surface area contributed by atoms with Gasteiger partial charge in [-0.2, -0.15) is 0 Å². The lowest BCUT2D eigenvalue weighted by Crippen LogP contribution is -2.16. The van der Waals surface area contributed by atoms with Crippen molar-refractivity contribution in [1.29, 1.82) is 0 Å².